The number of rotatable bonds is 3. The summed E-state index contributed by atoms with van der Waals surface area (Å²) in [6, 6.07) is 2.70. The van der Waals surface area contributed by atoms with Crippen molar-refractivity contribution in [3.8, 4) is 6.01 Å². The second-order valence-electron chi connectivity index (χ2n) is 3.23. The molecule has 0 amide bonds. The maximum Gasteiger partial charge on any atom is 0.389 e. The Morgan fingerprint density at radius 2 is 2.22 bits per heavy atom. The first kappa shape index (κ1) is 12.7. The molecule has 0 aliphatic heterocycles. The number of methoxy groups -OCH3 is 1. The molecule has 0 unspecified atom stereocenters. The average molecular weight is 321 g/mol. The number of carbonyl (C=O) groups is 1. The van der Waals surface area contributed by atoms with E-state index in [9.17, 15) is 13.6 Å². The molecule has 1 aromatic heterocycles. The predicted octanol–water partition coefficient (Wildman–Crippen LogP) is 2.71. The fourth-order valence-electron chi connectivity index (χ4n) is 1.46. The van der Waals surface area contributed by atoms with Crippen LogP contribution in [0.3, 0.4) is 0 Å². The lowest BCUT2D eigenvalue weighted by molar-refractivity contribution is -0.0553. The Morgan fingerprint density at radius 3 is 2.83 bits per heavy atom. The van der Waals surface area contributed by atoms with Gasteiger partial charge in [-0.15, -0.1) is 0 Å². The molecule has 0 fully saturated rings. The van der Waals surface area contributed by atoms with Crippen LogP contribution in [0.2, 0.25) is 0 Å². The van der Waals surface area contributed by atoms with Crippen molar-refractivity contribution in [3.63, 3.8) is 0 Å². The van der Waals surface area contributed by atoms with Crippen LogP contribution in [0.1, 0.15) is 10.4 Å². The van der Waals surface area contributed by atoms with Crippen LogP contribution in [0, 0.1) is 0 Å². The van der Waals surface area contributed by atoms with Crippen molar-refractivity contribution in [1.82, 2.24) is 9.97 Å². The first-order valence-electron chi connectivity index (χ1n) is 4.74. The van der Waals surface area contributed by atoms with E-state index in [0.717, 1.165) is 0 Å². The van der Waals surface area contributed by atoms with Gasteiger partial charge < -0.3 is 14.5 Å². The van der Waals surface area contributed by atoms with Gasteiger partial charge in [-0.3, -0.25) is 0 Å². The molecule has 0 radical (unpaired) electrons. The van der Waals surface area contributed by atoms with Crippen LogP contribution < -0.4 is 4.74 Å². The fraction of sp³-hybridized carbons (Fsp3) is 0.200. The van der Waals surface area contributed by atoms with Crippen molar-refractivity contribution in [3.05, 3.63) is 22.2 Å². The molecule has 2 rings (SSSR count). The predicted molar refractivity (Wildman–Crippen MR) is 61.8 cm³/mol. The van der Waals surface area contributed by atoms with Crippen LogP contribution in [0.5, 0.6) is 6.01 Å². The highest BCUT2D eigenvalue weighted by molar-refractivity contribution is 9.10. The SMILES string of the molecule is COC(=O)c1ccc(Br)c2nc(OC(F)F)[nH]c12. The third-order valence-electron chi connectivity index (χ3n) is 2.18. The molecule has 1 N–H and O–H groups in total. The summed E-state index contributed by atoms with van der Waals surface area (Å²) in [7, 11) is 1.23. The summed E-state index contributed by atoms with van der Waals surface area (Å²) < 4.78 is 33.5. The zero-order valence-corrected chi connectivity index (χ0v) is 10.6. The number of aromatic nitrogens is 2. The van der Waals surface area contributed by atoms with Crippen LogP contribution in [0.15, 0.2) is 16.6 Å². The zero-order chi connectivity index (χ0) is 13.3. The van der Waals surface area contributed by atoms with Crippen LogP contribution in [-0.4, -0.2) is 29.7 Å². The van der Waals surface area contributed by atoms with Crippen molar-refractivity contribution in [2.45, 2.75) is 6.61 Å². The molecule has 0 atom stereocenters. The number of imidazole rings is 1. The third kappa shape index (κ3) is 2.28. The Kier molecular flexibility index (Phi) is 3.46. The molecule has 2 aromatic rings. The molecular formula is C10H7BrF2N2O3. The first-order valence-corrected chi connectivity index (χ1v) is 5.53. The van der Waals surface area contributed by atoms with E-state index < -0.39 is 12.6 Å². The number of esters is 1. The minimum absolute atomic E-state index is 0.187. The molecule has 18 heavy (non-hydrogen) atoms. The molecule has 0 aliphatic rings. The molecule has 5 nitrogen and oxygen atoms in total. The van der Waals surface area contributed by atoms with Gasteiger partial charge in [0.15, 0.2) is 0 Å². The van der Waals surface area contributed by atoms with Crippen molar-refractivity contribution < 1.29 is 23.0 Å². The van der Waals surface area contributed by atoms with E-state index in [1.165, 1.54) is 13.2 Å². The van der Waals surface area contributed by atoms with Crippen LogP contribution in [0.25, 0.3) is 11.0 Å². The van der Waals surface area contributed by atoms with E-state index in [1.54, 1.807) is 6.07 Å². The smallest absolute Gasteiger partial charge is 0.389 e. The number of H-pyrrole nitrogens is 1. The molecule has 0 saturated carbocycles. The Morgan fingerprint density at radius 1 is 1.50 bits per heavy atom. The number of hydrogen-bond donors (Lipinski definition) is 1. The number of fused-ring (bicyclic) bond motifs is 1. The fourth-order valence-corrected chi connectivity index (χ4v) is 1.88. The lowest BCUT2D eigenvalue weighted by atomic mass is 10.2. The second kappa shape index (κ2) is 4.89. The van der Waals surface area contributed by atoms with Crippen molar-refractivity contribution in [2.24, 2.45) is 0 Å². The molecule has 0 spiro atoms. The van der Waals surface area contributed by atoms with Gasteiger partial charge in [-0.05, 0) is 28.1 Å². The Hall–Kier alpha value is -1.70. The average Bonchev–Trinajstić information content (AvgIpc) is 2.72. The van der Waals surface area contributed by atoms with Crippen LogP contribution in [-0.2, 0) is 4.74 Å². The number of nitrogens with one attached hydrogen (secondary N) is 1. The first-order chi connectivity index (χ1) is 8.52. The number of alkyl halides is 2. The largest absolute Gasteiger partial charge is 0.465 e. The van der Waals surface area contributed by atoms with Gasteiger partial charge in [-0.25, -0.2) is 4.79 Å². The molecule has 96 valence electrons. The van der Waals surface area contributed by atoms with Crippen LogP contribution >= 0.6 is 15.9 Å². The van der Waals surface area contributed by atoms with Gasteiger partial charge >= 0.3 is 12.6 Å². The molecule has 0 aliphatic carbocycles. The summed E-state index contributed by atoms with van der Waals surface area (Å²) in [5.74, 6) is -0.597. The van der Waals surface area contributed by atoms with E-state index >= 15 is 0 Å². The minimum atomic E-state index is -2.99. The van der Waals surface area contributed by atoms with Gasteiger partial charge in [0.25, 0.3) is 6.01 Å². The maximum absolute atomic E-state index is 12.1. The van der Waals surface area contributed by atoms with Gasteiger partial charge in [-0.1, -0.05) is 0 Å². The maximum atomic E-state index is 12.1. The minimum Gasteiger partial charge on any atom is -0.465 e. The number of carbonyl (C=O) groups excluding carboxylic acids is 1. The highest BCUT2D eigenvalue weighted by atomic mass is 79.9. The Bertz CT molecular complexity index is 600. The number of halogens is 3. The summed E-state index contributed by atoms with van der Waals surface area (Å²) in [6.07, 6.45) is 0. The summed E-state index contributed by atoms with van der Waals surface area (Å²) in [4.78, 5) is 17.8. The molecule has 1 aromatic carbocycles. The standard InChI is InChI=1S/C10H7BrF2N2O3/c1-17-8(16)4-2-3-5(11)7-6(4)14-10(15-7)18-9(12)13/h2-3,9H,1H3,(H,14,15). The van der Waals surface area contributed by atoms with Gasteiger partial charge in [0.2, 0.25) is 0 Å². The third-order valence-corrected chi connectivity index (χ3v) is 2.82. The number of ether oxygens (including phenoxy) is 2. The number of aromatic amines is 1. The zero-order valence-electron chi connectivity index (χ0n) is 9.04. The molecule has 8 heteroatoms. The van der Waals surface area contributed by atoms with E-state index in [2.05, 4.69) is 35.4 Å². The topological polar surface area (TPSA) is 64.2 Å². The lowest BCUT2D eigenvalue weighted by Crippen LogP contribution is -2.03. The number of hydrogen-bond acceptors (Lipinski definition) is 4. The van der Waals surface area contributed by atoms with Crippen molar-refractivity contribution >= 4 is 32.9 Å². The highest BCUT2D eigenvalue weighted by Gasteiger charge is 2.18. The molecule has 0 saturated heterocycles. The number of nitrogens with zero attached hydrogens (tertiary/aromatic N) is 1. The lowest BCUT2D eigenvalue weighted by Gasteiger charge is -2.00. The van der Waals surface area contributed by atoms with E-state index in [0.29, 0.717) is 9.99 Å². The van der Waals surface area contributed by atoms with Gasteiger partial charge in [0.1, 0.15) is 5.52 Å². The van der Waals surface area contributed by atoms with E-state index in [1.807, 2.05) is 0 Å². The van der Waals surface area contributed by atoms with Crippen molar-refractivity contribution in [2.75, 3.05) is 7.11 Å². The van der Waals surface area contributed by atoms with Gasteiger partial charge in [-0.2, -0.15) is 13.8 Å². The van der Waals surface area contributed by atoms with E-state index in [4.69, 9.17) is 0 Å². The summed E-state index contributed by atoms with van der Waals surface area (Å²) in [6.45, 7) is -2.99. The van der Waals surface area contributed by atoms with Gasteiger partial charge in [0, 0.05) is 4.47 Å². The normalized spacial score (nSPS) is 10.9. The quantitative estimate of drug-likeness (QED) is 0.883. The monoisotopic (exact) mass is 320 g/mol. The number of benzene rings is 1. The van der Waals surface area contributed by atoms with Crippen LogP contribution in [0.4, 0.5) is 8.78 Å². The highest BCUT2D eigenvalue weighted by Crippen LogP contribution is 2.28. The molecule has 0 bridgehead atoms. The summed E-state index contributed by atoms with van der Waals surface area (Å²) >= 11 is 3.20. The second-order valence-corrected chi connectivity index (χ2v) is 4.08. The summed E-state index contributed by atoms with van der Waals surface area (Å²) in [5, 5.41) is 0. The molecular weight excluding hydrogens is 314 g/mol. The Labute approximate surface area is 108 Å². The Balaban J connectivity index is 2.58. The van der Waals surface area contributed by atoms with E-state index in [-0.39, 0.29) is 17.1 Å². The van der Waals surface area contributed by atoms with Gasteiger partial charge in [0.05, 0.1) is 18.2 Å². The summed E-state index contributed by atoms with van der Waals surface area (Å²) in [5.41, 5.74) is 0.771. The van der Waals surface area contributed by atoms with Crippen molar-refractivity contribution in [1.29, 1.82) is 0 Å². The molecule has 1 heterocycles.